The van der Waals surface area contributed by atoms with E-state index in [4.69, 9.17) is 4.74 Å². The van der Waals surface area contributed by atoms with Crippen LogP contribution in [0.15, 0.2) is 12.4 Å². The molecule has 3 unspecified atom stereocenters. The highest BCUT2D eigenvalue weighted by Crippen LogP contribution is 2.24. The second kappa shape index (κ2) is 4.97. The van der Waals surface area contributed by atoms with E-state index >= 15 is 0 Å². The Morgan fingerprint density at radius 3 is 3.12 bits per heavy atom. The lowest BCUT2D eigenvalue weighted by atomic mass is 9.97. The molecule has 0 spiro atoms. The van der Waals surface area contributed by atoms with Crippen molar-refractivity contribution in [2.45, 2.75) is 45.4 Å². The molecule has 1 fully saturated rings. The molecule has 1 aromatic rings. The fourth-order valence-corrected chi connectivity index (χ4v) is 2.33. The van der Waals surface area contributed by atoms with Crippen molar-refractivity contribution in [3.05, 3.63) is 18.2 Å². The minimum absolute atomic E-state index is 0.0259. The first-order valence-corrected chi connectivity index (χ1v) is 6.02. The predicted octanol–water partition coefficient (Wildman–Crippen LogP) is 1.23. The number of aryl methyl sites for hydroxylation is 1. The molecule has 0 bridgehead atoms. The summed E-state index contributed by atoms with van der Waals surface area (Å²) in [6.07, 6.45) is 4.89. The van der Waals surface area contributed by atoms with Crippen LogP contribution in [0.3, 0.4) is 0 Å². The molecule has 2 rings (SSSR count). The lowest BCUT2D eigenvalue weighted by Gasteiger charge is -2.21. The second-order valence-corrected chi connectivity index (χ2v) is 4.50. The van der Waals surface area contributed by atoms with Crippen LogP contribution < -0.4 is 0 Å². The number of hydrogen-bond donors (Lipinski definition) is 1. The number of ether oxygens (including phenoxy) is 1. The molecule has 1 aliphatic rings. The van der Waals surface area contributed by atoms with Crippen molar-refractivity contribution in [2.75, 3.05) is 6.61 Å². The fraction of sp³-hybridized carbons (Fsp3) is 0.750. The first-order valence-electron chi connectivity index (χ1n) is 6.02. The van der Waals surface area contributed by atoms with Gasteiger partial charge in [0.05, 0.1) is 12.2 Å². The Bertz CT molecular complexity index is 338. The van der Waals surface area contributed by atoms with Gasteiger partial charge in [-0.2, -0.15) is 0 Å². The minimum Gasteiger partial charge on any atom is -0.390 e. The van der Waals surface area contributed by atoms with Crippen LogP contribution in [0, 0.1) is 5.92 Å². The standard InChI is InChI=1S/C12H20N2O2/c1-3-14-6-5-13-11(14)8-10(15)12-9(2)4-7-16-12/h5-6,9-10,12,15H,3-4,7-8H2,1-2H3. The molecule has 1 aliphatic heterocycles. The highest BCUT2D eigenvalue weighted by Gasteiger charge is 2.31. The van der Waals surface area contributed by atoms with Gasteiger partial charge < -0.3 is 14.4 Å². The van der Waals surface area contributed by atoms with Crippen molar-refractivity contribution < 1.29 is 9.84 Å². The van der Waals surface area contributed by atoms with Crippen molar-refractivity contribution in [3.63, 3.8) is 0 Å². The Balaban J connectivity index is 1.98. The van der Waals surface area contributed by atoms with E-state index in [1.54, 1.807) is 6.20 Å². The van der Waals surface area contributed by atoms with Crippen molar-refractivity contribution in [1.29, 1.82) is 0 Å². The molecule has 2 heterocycles. The zero-order valence-corrected chi connectivity index (χ0v) is 9.97. The number of hydrogen-bond acceptors (Lipinski definition) is 3. The van der Waals surface area contributed by atoms with Crippen molar-refractivity contribution in [3.8, 4) is 0 Å². The molecule has 16 heavy (non-hydrogen) atoms. The molecule has 1 N–H and O–H groups in total. The van der Waals surface area contributed by atoms with E-state index in [0.29, 0.717) is 12.3 Å². The van der Waals surface area contributed by atoms with Gasteiger partial charge in [-0.3, -0.25) is 0 Å². The molecule has 0 aromatic carbocycles. The van der Waals surface area contributed by atoms with Gasteiger partial charge in [0.2, 0.25) is 0 Å². The van der Waals surface area contributed by atoms with E-state index in [2.05, 4.69) is 23.4 Å². The number of aliphatic hydroxyl groups excluding tert-OH is 1. The van der Waals surface area contributed by atoms with E-state index in [0.717, 1.165) is 25.4 Å². The van der Waals surface area contributed by atoms with Crippen LogP contribution in [-0.4, -0.2) is 33.5 Å². The molecule has 0 radical (unpaired) electrons. The molecule has 0 amide bonds. The second-order valence-electron chi connectivity index (χ2n) is 4.50. The first-order chi connectivity index (χ1) is 7.72. The molecule has 0 aliphatic carbocycles. The predicted molar refractivity (Wildman–Crippen MR) is 61.1 cm³/mol. The number of rotatable bonds is 4. The zero-order chi connectivity index (χ0) is 11.5. The SMILES string of the molecule is CCn1ccnc1CC(O)C1OCCC1C. The molecule has 4 heteroatoms. The van der Waals surface area contributed by atoms with Gasteiger partial charge in [0.1, 0.15) is 5.82 Å². The van der Waals surface area contributed by atoms with E-state index in [-0.39, 0.29) is 6.10 Å². The lowest BCUT2D eigenvalue weighted by molar-refractivity contribution is -0.0169. The number of aromatic nitrogens is 2. The Morgan fingerprint density at radius 2 is 2.50 bits per heavy atom. The van der Waals surface area contributed by atoms with Gasteiger partial charge in [0, 0.05) is 32.0 Å². The molecule has 1 saturated heterocycles. The van der Waals surface area contributed by atoms with Crippen LogP contribution in [0.2, 0.25) is 0 Å². The fourth-order valence-electron chi connectivity index (χ4n) is 2.33. The maximum Gasteiger partial charge on any atom is 0.111 e. The Kier molecular flexibility index (Phi) is 3.61. The summed E-state index contributed by atoms with van der Waals surface area (Å²) in [6.45, 7) is 5.87. The molecule has 1 aromatic heterocycles. The summed E-state index contributed by atoms with van der Waals surface area (Å²) in [7, 11) is 0. The summed E-state index contributed by atoms with van der Waals surface area (Å²) < 4.78 is 7.62. The summed E-state index contributed by atoms with van der Waals surface area (Å²) in [6, 6.07) is 0. The molecular weight excluding hydrogens is 204 g/mol. The van der Waals surface area contributed by atoms with Gasteiger partial charge >= 0.3 is 0 Å². The van der Waals surface area contributed by atoms with E-state index < -0.39 is 6.10 Å². The zero-order valence-electron chi connectivity index (χ0n) is 9.97. The third kappa shape index (κ3) is 2.28. The minimum atomic E-state index is -0.440. The van der Waals surface area contributed by atoms with Crippen LogP contribution in [0.1, 0.15) is 26.1 Å². The van der Waals surface area contributed by atoms with Gasteiger partial charge in [0.25, 0.3) is 0 Å². The van der Waals surface area contributed by atoms with Gasteiger partial charge in [-0.15, -0.1) is 0 Å². The quantitative estimate of drug-likeness (QED) is 0.836. The first kappa shape index (κ1) is 11.6. The van der Waals surface area contributed by atoms with Crippen molar-refractivity contribution in [1.82, 2.24) is 9.55 Å². The average molecular weight is 224 g/mol. The lowest BCUT2D eigenvalue weighted by Crippen LogP contribution is -2.32. The third-order valence-corrected chi connectivity index (χ3v) is 3.36. The normalized spacial score (nSPS) is 27.2. The maximum absolute atomic E-state index is 10.1. The number of nitrogens with zero attached hydrogens (tertiary/aromatic N) is 2. The Labute approximate surface area is 96.3 Å². The number of imidazole rings is 1. The summed E-state index contributed by atoms with van der Waals surface area (Å²) in [4.78, 5) is 4.27. The molecule has 4 nitrogen and oxygen atoms in total. The largest absolute Gasteiger partial charge is 0.390 e. The smallest absolute Gasteiger partial charge is 0.111 e. The molecule has 0 saturated carbocycles. The van der Waals surface area contributed by atoms with Gasteiger partial charge in [-0.05, 0) is 19.3 Å². The average Bonchev–Trinajstić information content (AvgIpc) is 2.86. The van der Waals surface area contributed by atoms with Gasteiger partial charge in [-0.1, -0.05) is 6.92 Å². The van der Waals surface area contributed by atoms with Crippen LogP contribution in [-0.2, 0) is 17.7 Å². The highest BCUT2D eigenvalue weighted by molar-refractivity contribution is 4.96. The third-order valence-electron chi connectivity index (χ3n) is 3.36. The highest BCUT2D eigenvalue weighted by atomic mass is 16.5. The van der Waals surface area contributed by atoms with Crippen LogP contribution in [0.25, 0.3) is 0 Å². The topological polar surface area (TPSA) is 47.3 Å². The summed E-state index contributed by atoms with van der Waals surface area (Å²) >= 11 is 0. The van der Waals surface area contributed by atoms with Crippen LogP contribution >= 0.6 is 0 Å². The van der Waals surface area contributed by atoms with E-state index in [9.17, 15) is 5.11 Å². The Hall–Kier alpha value is -0.870. The maximum atomic E-state index is 10.1. The van der Waals surface area contributed by atoms with E-state index in [1.165, 1.54) is 0 Å². The van der Waals surface area contributed by atoms with Crippen molar-refractivity contribution >= 4 is 0 Å². The summed E-state index contributed by atoms with van der Waals surface area (Å²) in [5, 5.41) is 10.1. The van der Waals surface area contributed by atoms with Crippen LogP contribution in [0.5, 0.6) is 0 Å². The summed E-state index contributed by atoms with van der Waals surface area (Å²) in [5.41, 5.74) is 0. The van der Waals surface area contributed by atoms with Gasteiger partial charge in [0.15, 0.2) is 0 Å². The monoisotopic (exact) mass is 224 g/mol. The molecular formula is C12H20N2O2. The Morgan fingerprint density at radius 1 is 1.69 bits per heavy atom. The van der Waals surface area contributed by atoms with E-state index in [1.807, 2.05) is 6.20 Å². The molecule has 90 valence electrons. The van der Waals surface area contributed by atoms with Crippen LogP contribution in [0.4, 0.5) is 0 Å². The van der Waals surface area contributed by atoms with Gasteiger partial charge in [-0.25, -0.2) is 4.98 Å². The van der Waals surface area contributed by atoms with Crippen molar-refractivity contribution in [2.24, 2.45) is 5.92 Å². The number of aliphatic hydroxyl groups is 1. The molecule has 3 atom stereocenters. The summed E-state index contributed by atoms with van der Waals surface area (Å²) in [5.74, 6) is 1.39.